The van der Waals surface area contributed by atoms with Crippen molar-refractivity contribution in [2.24, 2.45) is 4.99 Å². The second kappa shape index (κ2) is 10.3. The van der Waals surface area contributed by atoms with Gasteiger partial charge in [-0.15, -0.1) is 0 Å². The first-order valence-electron chi connectivity index (χ1n) is 11.4. The van der Waals surface area contributed by atoms with Crippen LogP contribution >= 0.6 is 11.3 Å². The van der Waals surface area contributed by atoms with Crippen LogP contribution in [0.4, 0.5) is 0 Å². The summed E-state index contributed by atoms with van der Waals surface area (Å²) >= 11 is 1.30. The summed E-state index contributed by atoms with van der Waals surface area (Å²) in [5.41, 5.74) is 3.38. The summed E-state index contributed by atoms with van der Waals surface area (Å²) in [4.78, 5) is 31.9. The molecule has 0 fully saturated rings. The van der Waals surface area contributed by atoms with Crippen molar-refractivity contribution in [1.82, 2.24) is 4.57 Å². The van der Waals surface area contributed by atoms with Gasteiger partial charge in [0.2, 0.25) is 0 Å². The van der Waals surface area contributed by atoms with E-state index in [9.17, 15) is 9.59 Å². The zero-order chi connectivity index (χ0) is 25.1. The summed E-state index contributed by atoms with van der Waals surface area (Å²) < 4.78 is 18.7. The Kier molecular flexibility index (Phi) is 7.21. The first-order valence-corrected chi connectivity index (χ1v) is 12.3. The summed E-state index contributed by atoms with van der Waals surface area (Å²) in [5, 5.41) is 0. The minimum absolute atomic E-state index is 0.215. The Morgan fingerprint density at radius 1 is 1.09 bits per heavy atom. The van der Waals surface area contributed by atoms with Crippen LogP contribution in [0, 0.1) is 6.92 Å². The molecule has 0 bridgehead atoms. The molecule has 0 spiro atoms. The third-order valence-electron chi connectivity index (χ3n) is 5.70. The second-order valence-corrected chi connectivity index (χ2v) is 9.07. The van der Waals surface area contributed by atoms with E-state index in [0.717, 1.165) is 11.1 Å². The Balaban J connectivity index is 1.95. The minimum atomic E-state index is -0.713. The fourth-order valence-corrected chi connectivity index (χ4v) is 5.10. The third kappa shape index (κ3) is 4.79. The Hall–Kier alpha value is -3.65. The molecule has 1 unspecified atom stereocenters. The highest BCUT2D eigenvalue weighted by atomic mass is 32.1. The molecule has 35 heavy (non-hydrogen) atoms. The topological polar surface area (TPSA) is 79.1 Å². The number of carbonyl (C=O) groups excluding carboxylic acids is 1. The lowest BCUT2D eigenvalue weighted by atomic mass is 9.95. The van der Waals surface area contributed by atoms with E-state index in [1.165, 1.54) is 11.3 Å². The maximum absolute atomic E-state index is 13.7. The monoisotopic (exact) mass is 492 g/mol. The molecule has 182 valence electrons. The standard InChI is InChI=1S/C27H28N2O5S/c1-6-33-20-13-12-19(15-21(20)32-5)24-23(26(31)34-7-2)17(4)28-27-29(24)25(30)22(35-27)14-18-10-8-16(3)9-11-18/h8-15,24H,6-7H2,1-5H3/b22-14-. The Bertz CT molecular complexity index is 1460. The number of hydrogen-bond donors (Lipinski definition) is 0. The summed E-state index contributed by atoms with van der Waals surface area (Å²) in [5.74, 6) is 0.604. The fourth-order valence-electron chi connectivity index (χ4n) is 4.05. The largest absolute Gasteiger partial charge is 0.493 e. The van der Waals surface area contributed by atoms with Crippen molar-refractivity contribution in [3.05, 3.63) is 90.1 Å². The van der Waals surface area contributed by atoms with Crippen LogP contribution in [0.1, 0.15) is 43.5 Å². The number of benzene rings is 2. The zero-order valence-electron chi connectivity index (χ0n) is 20.5. The number of nitrogens with zero attached hydrogens (tertiary/aromatic N) is 2. The number of ether oxygens (including phenoxy) is 3. The van der Waals surface area contributed by atoms with Crippen LogP contribution in [0.15, 0.2) is 63.5 Å². The lowest BCUT2D eigenvalue weighted by molar-refractivity contribution is -0.139. The van der Waals surface area contributed by atoms with E-state index in [2.05, 4.69) is 4.99 Å². The molecule has 0 aliphatic carbocycles. The quantitative estimate of drug-likeness (QED) is 0.472. The van der Waals surface area contributed by atoms with Gasteiger partial charge in [-0.25, -0.2) is 9.79 Å². The normalized spacial score (nSPS) is 15.5. The van der Waals surface area contributed by atoms with Crippen molar-refractivity contribution in [3.8, 4) is 11.5 Å². The van der Waals surface area contributed by atoms with Gasteiger partial charge in [-0.2, -0.15) is 0 Å². The minimum Gasteiger partial charge on any atom is -0.493 e. The lowest BCUT2D eigenvalue weighted by Gasteiger charge is -2.25. The number of thiazole rings is 1. The number of carbonyl (C=O) groups is 1. The molecule has 0 amide bonds. The lowest BCUT2D eigenvalue weighted by Crippen LogP contribution is -2.40. The number of rotatable bonds is 7. The van der Waals surface area contributed by atoms with Gasteiger partial charge in [-0.1, -0.05) is 47.2 Å². The summed E-state index contributed by atoms with van der Waals surface area (Å²) in [6.07, 6.45) is 1.85. The van der Waals surface area contributed by atoms with E-state index in [-0.39, 0.29) is 12.2 Å². The molecule has 0 saturated heterocycles. The van der Waals surface area contributed by atoms with Crippen molar-refractivity contribution in [2.45, 2.75) is 33.7 Å². The Morgan fingerprint density at radius 2 is 1.83 bits per heavy atom. The van der Waals surface area contributed by atoms with E-state index >= 15 is 0 Å². The highest BCUT2D eigenvalue weighted by Gasteiger charge is 2.33. The number of hydrogen-bond acceptors (Lipinski definition) is 7. The van der Waals surface area contributed by atoms with Gasteiger partial charge in [-0.05, 0) is 57.0 Å². The molecule has 2 heterocycles. The van der Waals surface area contributed by atoms with Crippen LogP contribution in [0.5, 0.6) is 11.5 Å². The maximum Gasteiger partial charge on any atom is 0.338 e. The highest BCUT2D eigenvalue weighted by molar-refractivity contribution is 7.07. The average Bonchev–Trinajstić information content (AvgIpc) is 3.14. The number of aryl methyl sites for hydroxylation is 1. The zero-order valence-corrected chi connectivity index (χ0v) is 21.3. The van der Waals surface area contributed by atoms with Crippen LogP contribution in [0.2, 0.25) is 0 Å². The van der Waals surface area contributed by atoms with Gasteiger partial charge in [0, 0.05) is 0 Å². The van der Waals surface area contributed by atoms with Crippen molar-refractivity contribution >= 4 is 23.4 Å². The van der Waals surface area contributed by atoms with Crippen LogP contribution in [-0.4, -0.2) is 30.9 Å². The van der Waals surface area contributed by atoms with Crippen LogP contribution < -0.4 is 24.4 Å². The first kappa shape index (κ1) is 24.5. The van der Waals surface area contributed by atoms with E-state index in [1.54, 1.807) is 37.7 Å². The average molecular weight is 493 g/mol. The van der Waals surface area contributed by atoms with Gasteiger partial charge in [-0.3, -0.25) is 9.36 Å². The molecule has 1 atom stereocenters. The van der Waals surface area contributed by atoms with Gasteiger partial charge in [0.1, 0.15) is 0 Å². The molecule has 0 saturated carbocycles. The number of esters is 1. The van der Waals surface area contributed by atoms with Crippen molar-refractivity contribution in [3.63, 3.8) is 0 Å². The van der Waals surface area contributed by atoms with E-state index in [4.69, 9.17) is 14.2 Å². The molecule has 0 radical (unpaired) electrons. The van der Waals surface area contributed by atoms with Crippen molar-refractivity contribution in [1.29, 1.82) is 0 Å². The molecule has 3 aromatic rings. The molecule has 1 aliphatic rings. The van der Waals surface area contributed by atoms with E-state index in [1.807, 2.05) is 50.3 Å². The molecule has 1 aromatic heterocycles. The molecule has 1 aliphatic heterocycles. The second-order valence-electron chi connectivity index (χ2n) is 8.06. The summed E-state index contributed by atoms with van der Waals surface area (Å²) in [6.45, 7) is 8.12. The molecule has 7 nitrogen and oxygen atoms in total. The van der Waals surface area contributed by atoms with Crippen molar-refractivity contribution < 1.29 is 19.0 Å². The molecule has 2 aromatic carbocycles. The third-order valence-corrected chi connectivity index (χ3v) is 6.68. The van der Waals surface area contributed by atoms with Gasteiger partial charge < -0.3 is 14.2 Å². The Labute approximate surface area is 207 Å². The van der Waals surface area contributed by atoms with Gasteiger partial charge in [0.05, 0.1) is 42.2 Å². The molecular weight excluding hydrogens is 464 g/mol. The molecular formula is C27H28N2O5S. The summed E-state index contributed by atoms with van der Waals surface area (Å²) in [6, 6.07) is 12.7. The Morgan fingerprint density at radius 3 is 2.49 bits per heavy atom. The van der Waals surface area contributed by atoms with Crippen LogP contribution in [0.3, 0.4) is 0 Å². The van der Waals surface area contributed by atoms with Crippen LogP contribution in [-0.2, 0) is 9.53 Å². The number of methoxy groups -OCH3 is 1. The van der Waals surface area contributed by atoms with Gasteiger partial charge >= 0.3 is 5.97 Å². The van der Waals surface area contributed by atoms with E-state index in [0.29, 0.717) is 44.3 Å². The molecule has 4 rings (SSSR count). The van der Waals surface area contributed by atoms with Gasteiger partial charge in [0.15, 0.2) is 16.3 Å². The van der Waals surface area contributed by atoms with Crippen LogP contribution in [0.25, 0.3) is 6.08 Å². The van der Waals surface area contributed by atoms with E-state index < -0.39 is 12.0 Å². The predicted octanol–water partition coefficient (Wildman–Crippen LogP) is 3.51. The molecule has 8 heteroatoms. The van der Waals surface area contributed by atoms with Crippen molar-refractivity contribution in [2.75, 3.05) is 20.3 Å². The van der Waals surface area contributed by atoms with Gasteiger partial charge in [0.25, 0.3) is 5.56 Å². The maximum atomic E-state index is 13.7. The number of allylic oxidation sites excluding steroid dienone is 1. The molecule has 0 N–H and O–H groups in total. The predicted molar refractivity (Wildman–Crippen MR) is 136 cm³/mol. The highest BCUT2D eigenvalue weighted by Crippen LogP contribution is 2.36. The number of aromatic nitrogens is 1. The number of fused-ring (bicyclic) bond motifs is 1. The summed E-state index contributed by atoms with van der Waals surface area (Å²) in [7, 11) is 1.56. The fraction of sp³-hybridized carbons (Fsp3) is 0.296. The SMILES string of the molecule is CCOC(=O)C1=C(C)N=c2s/c(=C\c3ccc(C)cc3)c(=O)n2C1c1ccc(OCC)c(OC)c1. The smallest absolute Gasteiger partial charge is 0.338 e. The first-order chi connectivity index (χ1) is 16.9.